The van der Waals surface area contributed by atoms with E-state index in [-0.39, 0.29) is 17.5 Å². The Morgan fingerprint density at radius 2 is 2.10 bits per heavy atom. The Labute approximate surface area is 125 Å². The lowest BCUT2D eigenvalue weighted by atomic mass is 10.2. The zero-order valence-corrected chi connectivity index (χ0v) is 13.4. The fourth-order valence-corrected chi connectivity index (χ4v) is 4.57. The first kappa shape index (κ1) is 14.6. The smallest absolute Gasteiger partial charge is 0.152 e. The average molecular weight is 310 g/mol. The van der Waals surface area contributed by atoms with Crippen LogP contribution in [0.5, 0.6) is 0 Å². The van der Waals surface area contributed by atoms with Crippen molar-refractivity contribution in [3.63, 3.8) is 0 Å². The highest BCUT2D eigenvalue weighted by atomic mass is 32.2. The normalized spacial score (nSPS) is 24.0. The standard InChI is InChI=1S/C14H22N4O2S/c1-3-18(12-6-7-21(19,20)9-12)14-8-13(15-10(2)16-14)17-11-4-5-11/h8,11-12H,3-7,9H2,1-2H3,(H,15,16,17). The third-order valence-electron chi connectivity index (χ3n) is 4.04. The molecule has 1 saturated heterocycles. The van der Waals surface area contributed by atoms with E-state index >= 15 is 0 Å². The number of anilines is 2. The summed E-state index contributed by atoms with van der Waals surface area (Å²) in [6.45, 7) is 4.66. The minimum absolute atomic E-state index is 0.0306. The van der Waals surface area contributed by atoms with E-state index < -0.39 is 9.84 Å². The summed E-state index contributed by atoms with van der Waals surface area (Å²) in [6.07, 6.45) is 3.07. The van der Waals surface area contributed by atoms with Gasteiger partial charge in [0.25, 0.3) is 0 Å². The molecule has 0 spiro atoms. The number of aryl methyl sites for hydroxylation is 1. The van der Waals surface area contributed by atoms with Gasteiger partial charge in [-0.25, -0.2) is 18.4 Å². The fraction of sp³-hybridized carbons (Fsp3) is 0.714. The lowest BCUT2D eigenvalue weighted by Crippen LogP contribution is -2.37. The number of hydrogen-bond donors (Lipinski definition) is 1. The Kier molecular flexibility index (Phi) is 3.77. The van der Waals surface area contributed by atoms with E-state index in [1.165, 1.54) is 12.8 Å². The van der Waals surface area contributed by atoms with Crippen molar-refractivity contribution < 1.29 is 8.42 Å². The number of nitrogens with one attached hydrogen (secondary N) is 1. The molecule has 0 radical (unpaired) electrons. The van der Waals surface area contributed by atoms with Gasteiger partial charge in [-0.2, -0.15) is 0 Å². The van der Waals surface area contributed by atoms with E-state index in [1.54, 1.807) is 0 Å². The Morgan fingerprint density at radius 3 is 2.67 bits per heavy atom. The van der Waals surface area contributed by atoms with Crippen molar-refractivity contribution in [2.24, 2.45) is 0 Å². The largest absolute Gasteiger partial charge is 0.367 e. The van der Waals surface area contributed by atoms with Gasteiger partial charge in [0.15, 0.2) is 9.84 Å². The maximum absolute atomic E-state index is 11.7. The molecular weight excluding hydrogens is 288 g/mol. The van der Waals surface area contributed by atoms with Crippen LogP contribution >= 0.6 is 0 Å². The van der Waals surface area contributed by atoms with Gasteiger partial charge in [-0.15, -0.1) is 0 Å². The fourth-order valence-electron chi connectivity index (χ4n) is 2.84. The minimum Gasteiger partial charge on any atom is -0.367 e. The topological polar surface area (TPSA) is 75.2 Å². The van der Waals surface area contributed by atoms with E-state index in [4.69, 9.17) is 0 Å². The quantitative estimate of drug-likeness (QED) is 0.885. The molecule has 1 aromatic heterocycles. The highest BCUT2D eigenvalue weighted by Crippen LogP contribution is 2.27. The summed E-state index contributed by atoms with van der Waals surface area (Å²) in [6, 6.07) is 2.51. The Bertz CT molecular complexity index is 628. The lowest BCUT2D eigenvalue weighted by Gasteiger charge is -2.28. The highest BCUT2D eigenvalue weighted by Gasteiger charge is 2.32. The van der Waals surface area contributed by atoms with Gasteiger partial charge >= 0.3 is 0 Å². The summed E-state index contributed by atoms with van der Waals surface area (Å²) in [4.78, 5) is 11.0. The van der Waals surface area contributed by atoms with Crippen molar-refractivity contribution in [3.05, 3.63) is 11.9 Å². The van der Waals surface area contributed by atoms with Crippen LogP contribution in [0, 0.1) is 6.92 Å². The van der Waals surface area contributed by atoms with Crippen molar-refractivity contribution in [3.8, 4) is 0 Å². The lowest BCUT2D eigenvalue weighted by molar-refractivity contribution is 0.599. The Morgan fingerprint density at radius 1 is 1.33 bits per heavy atom. The molecule has 116 valence electrons. The van der Waals surface area contributed by atoms with Crippen LogP contribution in [-0.2, 0) is 9.84 Å². The molecule has 2 aliphatic rings. The molecule has 2 fully saturated rings. The Balaban J connectivity index is 1.84. The number of nitrogens with zero attached hydrogens (tertiary/aromatic N) is 3. The minimum atomic E-state index is -2.89. The average Bonchev–Trinajstić information content (AvgIpc) is 3.13. The van der Waals surface area contributed by atoms with Crippen molar-refractivity contribution in [2.45, 2.75) is 45.2 Å². The predicted molar refractivity (Wildman–Crippen MR) is 83.5 cm³/mol. The van der Waals surface area contributed by atoms with E-state index in [0.717, 1.165) is 24.0 Å². The van der Waals surface area contributed by atoms with Gasteiger partial charge in [0.1, 0.15) is 17.5 Å². The number of rotatable bonds is 5. The second kappa shape index (κ2) is 5.44. The molecular formula is C14H22N4O2S. The SMILES string of the molecule is CCN(c1cc(NC2CC2)nc(C)n1)C1CCS(=O)(=O)C1. The van der Waals surface area contributed by atoms with E-state index in [1.807, 2.05) is 19.9 Å². The summed E-state index contributed by atoms with van der Waals surface area (Å²) < 4.78 is 23.4. The molecule has 7 heteroatoms. The molecule has 1 saturated carbocycles. The van der Waals surface area contributed by atoms with Gasteiger partial charge < -0.3 is 10.2 Å². The summed E-state index contributed by atoms with van der Waals surface area (Å²) in [5.41, 5.74) is 0. The van der Waals surface area contributed by atoms with Gasteiger partial charge in [-0.3, -0.25) is 0 Å². The molecule has 1 aliphatic heterocycles. The third kappa shape index (κ3) is 3.45. The monoisotopic (exact) mass is 310 g/mol. The first-order valence-electron chi connectivity index (χ1n) is 7.56. The molecule has 1 atom stereocenters. The molecule has 3 rings (SSSR count). The van der Waals surface area contributed by atoms with Crippen molar-refractivity contribution in [1.29, 1.82) is 0 Å². The molecule has 1 N–H and O–H groups in total. The molecule has 6 nitrogen and oxygen atoms in total. The van der Waals surface area contributed by atoms with E-state index in [0.29, 0.717) is 12.5 Å². The predicted octanol–water partition coefficient (Wildman–Crippen LogP) is 1.37. The summed E-state index contributed by atoms with van der Waals surface area (Å²) in [5.74, 6) is 2.91. The van der Waals surface area contributed by atoms with Gasteiger partial charge in [-0.05, 0) is 33.1 Å². The van der Waals surface area contributed by atoms with Gasteiger partial charge in [-0.1, -0.05) is 0 Å². The van der Waals surface area contributed by atoms with Crippen LogP contribution in [0.25, 0.3) is 0 Å². The van der Waals surface area contributed by atoms with Crippen molar-refractivity contribution in [1.82, 2.24) is 9.97 Å². The second-order valence-corrected chi connectivity index (χ2v) is 8.15. The first-order chi connectivity index (χ1) is 9.97. The van der Waals surface area contributed by atoms with Gasteiger partial charge in [0.05, 0.1) is 11.5 Å². The van der Waals surface area contributed by atoms with Gasteiger partial charge in [0, 0.05) is 24.7 Å². The number of hydrogen-bond acceptors (Lipinski definition) is 6. The van der Waals surface area contributed by atoms with E-state index in [2.05, 4.69) is 20.2 Å². The molecule has 0 amide bonds. The third-order valence-corrected chi connectivity index (χ3v) is 5.79. The number of aromatic nitrogens is 2. The number of sulfone groups is 1. The molecule has 1 aromatic rings. The van der Waals surface area contributed by atoms with Crippen LogP contribution in [0.3, 0.4) is 0 Å². The maximum Gasteiger partial charge on any atom is 0.152 e. The molecule has 1 aliphatic carbocycles. The van der Waals surface area contributed by atoms with Crippen LogP contribution in [0.1, 0.15) is 32.0 Å². The van der Waals surface area contributed by atoms with Gasteiger partial charge in [0.2, 0.25) is 0 Å². The maximum atomic E-state index is 11.7. The van der Waals surface area contributed by atoms with Crippen molar-refractivity contribution >= 4 is 21.5 Å². The first-order valence-corrected chi connectivity index (χ1v) is 9.38. The second-order valence-electron chi connectivity index (χ2n) is 5.92. The highest BCUT2D eigenvalue weighted by molar-refractivity contribution is 7.91. The van der Waals surface area contributed by atoms with Crippen LogP contribution in [0.4, 0.5) is 11.6 Å². The molecule has 1 unspecified atom stereocenters. The van der Waals surface area contributed by atoms with E-state index in [9.17, 15) is 8.42 Å². The zero-order chi connectivity index (χ0) is 15.0. The Hall–Kier alpha value is -1.37. The summed E-state index contributed by atoms with van der Waals surface area (Å²) >= 11 is 0. The summed E-state index contributed by atoms with van der Waals surface area (Å²) in [5, 5.41) is 3.39. The van der Waals surface area contributed by atoms with Crippen LogP contribution < -0.4 is 10.2 Å². The molecule has 21 heavy (non-hydrogen) atoms. The zero-order valence-electron chi connectivity index (χ0n) is 12.5. The molecule has 0 aromatic carbocycles. The molecule has 2 heterocycles. The molecule has 0 bridgehead atoms. The van der Waals surface area contributed by atoms with Crippen molar-refractivity contribution in [2.75, 3.05) is 28.3 Å². The van der Waals surface area contributed by atoms with Crippen LogP contribution in [0.2, 0.25) is 0 Å². The van der Waals surface area contributed by atoms with Crippen LogP contribution in [-0.4, -0.2) is 48.5 Å². The summed E-state index contributed by atoms with van der Waals surface area (Å²) in [7, 11) is -2.89. The van der Waals surface area contributed by atoms with Crippen LogP contribution in [0.15, 0.2) is 6.07 Å².